The molecule has 0 fully saturated rings. The Hall–Kier alpha value is -1.75. The van der Waals surface area contributed by atoms with E-state index in [9.17, 15) is 9.90 Å². The van der Waals surface area contributed by atoms with Crippen molar-refractivity contribution >= 4 is 6.09 Å². The number of rotatable bonds is 4. The third-order valence-electron chi connectivity index (χ3n) is 2.90. The zero-order valence-electron chi connectivity index (χ0n) is 11.8. The first-order valence-electron chi connectivity index (χ1n) is 6.06. The van der Waals surface area contributed by atoms with Crippen LogP contribution in [0.25, 0.3) is 0 Å². The first-order chi connectivity index (χ1) is 8.79. The molecule has 5 heteroatoms. The van der Waals surface area contributed by atoms with Gasteiger partial charge in [0.15, 0.2) is 0 Å². The maximum absolute atomic E-state index is 11.3. The van der Waals surface area contributed by atoms with E-state index >= 15 is 0 Å². The fourth-order valence-electron chi connectivity index (χ4n) is 1.82. The monoisotopic (exact) mass is 267 g/mol. The summed E-state index contributed by atoms with van der Waals surface area (Å²) in [5.41, 5.74) is 0.966. The van der Waals surface area contributed by atoms with Gasteiger partial charge < -0.3 is 14.9 Å². The molecule has 1 aromatic rings. The predicted molar refractivity (Wildman–Crippen MR) is 72.2 cm³/mol. The van der Waals surface area contributed by atoms with Crippen molar-refractivity contribution in [2.45, 2.75) is 39.5 Å². The lowest BCUT2D eigenvalue weighted by Crippen LogP contribution is -2.44. The van der Waals surface area contributed by atoms with E-state index in [-0.39, 0.29) is 13.2 Å². The van der Waals surface area contributed by atoms with Crippen molar-refractivity contribution in [3.8, 4) is 5.75 Å². The third-order valence-corrected chi connectivity index (χ3v) is 2.90. The number of ether oxygens (including phenoxy) is 1. The minimum atomic E-state index is -0.982. The molecular weight excluding hydrogens is 246 g/mol. The predicted octanol–water partition coefficient (Wildman–Crippen LogP) is 2.47. The summed E-state index contributed by atoms with van der Waals surface area (Å²) in [4.78, 5) is 12.7. The molecule has 5 nitrogen and oxygen atoms in total. The molecule has 0 bridgehead atoms. The average molecular weight is 267 g/mol. The Morgan fingerprint density at radius 1 is 1.37 bits per heavy atom. The molecule has 0 saturated heterocycles. The van der Waals surface area contributed by atoms with Crippen LogP contribution in [-0.2, 0) is 13.2 Å². The van der Waals surface area contributed by atoms with Gasteiger partial charge in [-0.25, -0.2) is 4.79 Å². The minimum absolute atomic E-state index is 0.0837. The summed E-state index contributed by atoms with van der Waals surface area (Å²) in [6.07, 6.45) is -0.982. The van der Waals surface area contributed by atoms with E-state index in [0.29, 0.717) is 5.75 Å². The highest BCUT2D eigenvalue weighted by Gasteiger charge is 2.27. The Bertz CT molecular complexity index is 451. The molecule has 1 rings (SSSR count). The van der Waals surface area contributed by atoms with Gasteiger partial charge >= 0.3 is 6.09 Å². The van der Waals surface area contributed by atoms with Crippen molar-refractivity contribution in [1.29, 1.82) is 0 Å². The highest BCUT2D eigenvalue weighted by molar-refractivity contribution is 5.66. The van der Waals surface area contributed by atoms with E-state index in [2.05, 4.69) is 0 Å². The largest absolute Gasteiger partial charge is 0.496 e. The molecule has 0 aliphatic heterocycles. The molecule has 0 aliphatic carbocycles. The maximum atomic E-state index is 11.3. The van der Waals surface area contributed by atoms with E-state index < -0.39 is 11.6 Å². The van der Waals surface area contributed by atoms with Gasteiger partial charge in [-0.2, -0.15) is 0 Å². The van der Waals surface area contributed by atoms with Crippen molar-refractivity contribution < 1.29 is 19.7 Å². The summed E-state index contributed by atoms with van der Waals surface area (Å²) in [5.74, 6) is 0.618. The molecule has 1 aromatic carbocycles. The van der Waals surface area contributed by atoms with Crippen LogP contribution in [0.1, 0.15) is 31.9 Å². The van der Waals surface area contributed by atoms with Crippen molar-refractivity contribution in [3.63, 3.8) is 0 Å². The van der Waals surface area contributed by atoms with Gasteiger partial charge in [-0.3, -0.25) is 4.90 Å². The smallest absolute Gasteiger partial charge is 0.408 e. The number of aliphatic hydroxyl groups is 1. The Balaban J connectivity index is 3.11. The summed E-state index contributed by atoms with van der Waals surface area (Å²) in [6.45, 7) is 5.64. The SMILES string of the molecule is COc1ccc(CO)cc1CN(C(=O)O)C(C)(C)C. The van der Waals surface area contributed by atoms with E-state index in [1.807, 2.05) is 20.8 Å². The Labute approximate surface area is 113 Å². The van der Waals surface area contributed by atoms with Crippen molar-refractivity contribution in [2.75, 3.05) is 7.11 Å². The quantitative estimate of drug-likeness (QED) is 0.879. The van der Waals surface area contributed by atoms with Crippen molar-refractivity contribution in [3.05, 3.63) is 29.3 Å². The molecule has 0 heterocycles. The number of carbonyl (C=O) groups is 1. The lowest BCUT2D eigenvalue weighted by Gasteiger charge is -2.33. The van der Waals surface area contributed by atoms with Crippen LogP contribution in [0.3, 0.4) is 0 Å². The highest BCUT2D eigenvalue weighted by Crippen LogP contribution is 2.25. The molecule has 0 aliphatic rings. The number of nitrogens with zero attached hydrogens (tertiary/aromatic N) is 1. The molecule has 0 aromatic heterocycles. The van der Waals surface area contributed by atoms with Crippen LogP contribution >= 0.6 is 0 Å². The second-order valence-electron chi connectivity index (χ2n) is 5.34. The highest BCUT2D eigenvalue weighted by atomic mass is 16.5. The molecular formula is C14H21NO4. The van der Waals surface area contributed by atoms with E-state index in [0.717, 1.165) is 11.1 Å². The lowest BCUT2D eigenvalue weighted by molar-refractivity contribution is 0.0950. The summed E-state index contributed by atoms with van der Waals surface area (Å²) >= 11 is 0. The third kappa shape index (κ3) is 3.86. The van der Waals surface area contributed by atoms with Crippen LogP contribution in [0.4, 0.5) is 4.79 Å². The molecule has 0 unspecified atom stereocenters. The minimum Gasteiger partial charge on any atom is -0.496 e. The van der Waals surface area contributed by atoms with Gasteiger partial charge in [0.05, 0.1) is 20.3 Å². The summed E-state index contributed by atoms with van der Waals surface area (Å²) in [7, 11) is 1.54. The molecule has 0 radical (unpaired) electrons. The van der Waals surface area contributed by atoms with Gasteiger partial charge in [-0.05, 0) is 38.5 Å². The summed E-state index contributed by atoms with van der Waals surface area (Å²) in [6, 6.07) is 5.26. The van der Waals surface area contributed by atoms with Crippen LogP contribution in [0.15, 0.2) is 18.2 Å². The molecule has 1 amide bonds. The zero-order chi connectivity index (χ0) is 14.6. The van der Waals surface area contributed by atoms with E-state index in [1.165, 1.54) is 4.90 Å². The van der Waals surface area contributed by atoms with Crippen LogP contribution < -0.4 is 4.74 Å². The number of carboxylic acid groups (broad SMARTS) is 1. The number of methoxy groups -OCH3 is 1. The Kier molecular flexibility index (Phi) is 4.78. The molecule has 2 N–H and O–H groups in total. The van der Waals surface area contributed by atoms with Gasteiger partial charge in [0, 0.05) is 11.1 Å². The number of benzene rings is 1. The Morgan fingerprint density at radius 3 is 2.42 bits per heavy atom. The normalized spacial score (nSPS) is 11.2. The standard InChI is InChI=1S/C14H21NO4/c1-14(2,3)15(13(17)18)8-11-7-10(9-16)5-6-12(11)19-4/h5-7,16H,8-9H2,1-4H3,(H,17,18). The van der Waals surface area contributed by atoms with Crippen LogP contribution in [-0.4, -0.2) is 33.9 Å². The number of amides is 1. The fourth-order valence-corrected chi connectivity index (χ4v) is 1.82. The van der Waals surface area contributed by atoms with Crippen molar-refractivity contribution in [1.82, 2.24) is 4.90 Å². The fraction of sp³-hybridized carbons (Fsp3) is 0.500. The first kappa shape index (κ1) is 15.3. The second-order valence-corrected chi connectivity index (χ2v) is 5.34. The van der Waals surface area contributed by atoms with Gasteiger partial charge in [-0.15, -0.1) is 0 Å². The summed E-state index contributed by atoms with van der Waals surface area (Å²) < 4.78 is 5.24. The number of hydrogen-bond acceptors (Lipinski definition) is 3. The zero-order valence-corrected chi connectivity index (χ0v) is 11.8. The molecule has 0 atom stereocenters. The molecule has 106 valence electrons. The first-order valence-corrected chi connectivity index (χ1v) is 6.06. The van der Waals surface area contributed by atoms with E-state index in [4.69, 9.17) is 9.84 Å². The summed E-state index contributed by atoms with van der Waals surface area (Å²) in [5, 5.41) is 18.5. The average Bonchev–Trinajstić information content (AvgIpc) is 2.33. The van der Waals surface area contributed by atoms with Crippen LogP contribution in [0, 0.1) is 0 Å². The Morgan fingerprint density at radius 2 is 2.00 bits per heavy atom. The lowest BCUT2D eigenvalue weighted by atomic mass is 10.0. The number of hydrogen-bond donors (Lipinski definition) is 2. The van der Waals surface area contributed by atoms with Gasteiger partial charge in [0.2, 0.25) is 0 Å². The molecule has 0 saturated carbocycles. The topological polar surface area (TPSA) is 70.0 Å². The van der Waals surface area contributed by atoms with Gasteiger partial charge in [0.1, 0.15) is 5.75 Å². The van der Waals surface area contributed by atoms with E-state index in [1.54, 1.807) is 25.3 Å². The van der Waals surface area contributed by atoms with Crippen LogP contribution in [0.2, 0.25) is 0 Å². The second kappa shape index (κ2) is 5.93. The number of aliphatic hydroxyl groups excluding tert-OH is 1. The maximum Gasteiger partial charge on any atom is 0.408 e. The van der Waals surface area contributed by atoms with Gasteiger partial charge in [0.25, 0.3) is 0 Å². The van der Waals surface area contributed by atoms with Crippen molar-refractivity contribution in [2.24, 2.45) is 0 Å². The molecule has 19 heavy (non-hydrogen) atoms. The molecule has 0 spiro atoms. The van der Waals surface area contributed by atoms with Gasteiger partial charge in [-0.1, -0.05) is 6.07 Å². The van der Waals surface area contributed by atoms with Crippen LogP contribution in [0.5, 0.6) is 5.75 Å².